The quantitative estimate of drug-likeness (QED) is 0.872. The van der Waals surface area contributed by atoms with Crippen molar-refractivity contribution < 1.29 is 9.47 Å². The molecule has 1 unspecified atom stereocenters. The van der Waals surface area contributed by atoms with E-state index in [1.165, 1.54) is 5.56 Å². The highest BCUT2D eigenvalue weighted by Gasteiger charge is 2.11. The van der Waals surface area contributed by atoms with Crippen molar-refractivity contribution in [3.8, 4) is 11.6 Å². The minimum Gasteiger partial charge on any atom is -0.496 e. The third kappa shape index (κ3) is 3.88. The van der Waals surface area contributed by atoms with E-state index in [0.717, 1.165) is 17.0 Å². The monoisotopic (exact) mass is 286 g/mol. The number of hydrogen-bond acceptors (Lipinski definition) is 4. The molecule has 0 spiro atoms. The zero-order valence-electron chi connectivity index (χ0n) is 13.0. The number of rotatable bonds is 6. The summed E-state index contributed by atoms with van der Waals surface area (Å²) in [6.07, 6.45) is 1.78. The Morgan fingerprint density at radius 1 is 1.24 bits per heavy atom. The number of methoxy groups -OCH3 is 1. The molecule has 1 heterocycles. The van der Waals surface area contributed by atoms with Crippen LogP contribution in [0.4, 0.5) is 5.69 Å². The van der Waals surface area contributed by atoms with Crippen LogP contribution in [-0.4, -0.2) is 18.7 Å². The molecule has 0 radical (unpaired) electrons. The second-order valence-electron chi connectivity index (χ2n) is 4.93. The minimum atomic E-state index is 0.125. The molecule has 2 aromatic rings. The fourth-order valence-corrected chi connectivity index (χ4v) is 2.22. The third-order valence-corrected chi connectivity index (χ3v) is 3.26. The summed E-state index contributed by atoms with van der Waals surface area (Å²) >= 11 is 0. The van der Waals surface area contributed by atoms with Gasteiger partial charge in [0, 0.05) is 11.6 Å². The van der Waals surface area contributed by atoms with E-state index in [-0.39, 0.29) is 6.04 Å². The van der Waals surface area contributed by atoms with Crippen LogP contribution in [0.3, 0.4) is 0 Å². The van der Waals surface area contributed by atoms with E-state index in [0.29, 0.717) is 12.5 Å². The molecule has 1 atom stereocenters. The van der Waals surface area contributed by atoms with Gasteiger partial charge in [-0.2, -0.15) is 0 Å². The average Bonchev–Trinajstić information content (AvgIpc) is 2.49. The lowest BCUT2D eigenvalue weighted by molar-refractivity contribution is 0.327. The first kappa shape index (κ1) is 15.2. The highest BCUT2D eigenvalue weighted by molar-refractivity contribution is 5.47. The Hall–Kier alpha value is -2.23. The fourth-order valence-electron chi connectivity index (χ4n) is 2.22. The lowest BCUT2D eigenvalue weighted by Crippen LogP contribution is -2.09. The molecule has 0 aliphatic carbocycles. The number of anilines is 1. The minimum absolute atomic E-state index is 0.125. The summed E-state index contributed by atoms with van der Waals surface area (Å²) in [5, 5.41) is 3.43. The SMILES string of the molecule is CCOc1ccc(NC(C)c2cc(C)ccc2OC)cn1. The van der Waals surface area contributed by atoms with E-state index >= 15 is 0 Å². The molecule has 0 amide bonds. The van der Waals surface area contributed by atoms with Gasteiger partial charge in [-0.05, 0) is 32.9 Å². The van der Waals surface area contributed by atoms with Gasteiger partial charge in [0.25, 0.3) is 0 Å². The Morgan fingerprint density at radius 2 is 2.05 bits per heavy atom. The molecule has 0 bridgehead atoms. The van der Waals surface area contributed by atoms with E-state index in [1.54, 1.807) is 13.3 Å². The van der Waals surface area contributed by atoms with Crippen molar-refractivity contribution in [1.29, 1.82) is 0 Å². The smallest absolute Gasteiger partial charge is 0.213 e. The third-order valence-electron chi connectivity index (χ3n) is 3.26. The number of nitrogens with one attached hydrogen (secondary N) is 1. The Labute approximate surface area is 126 Å². The van der Waals surface area contributed by atoms with Crippen LogP contribution in [0.5, 0.6) is 11.6 Å². The molecule has 0 saturated carbocycles. The number of aromatic nitrogens is 1. The van der Waals surface area contributed by atoms with Crippen LogP contribution in [0.2, 0.25) is 0 Å². The van der Waals surface area contributed by atoms with Crippen molar-refractivity contribution in [3.63, 3.8) is 0 Å². The normalized spacial score (nSPS) is 11.8. The number of pyridine rings is 1. The molecule has 0 saturated heterocycles. The van der Waals surface area contributed by atoms with E-state index in [4.69, 9.17) is 9.47 Å². The molecular weight excluding hydrogens is 264 g/mol. The van der Waals surface area contributed by atoms with Crippen molar-refractivity contribution in [2.45, 2.75) is 26.8 Å². The van der Waals surface area contributed by atoms with Crippen LogP contribution in [-0.2, 0) is 0 Å². The molecule has 1 aromatic heterocycles. The summed E-state index contributed by atoms with van der Waals surface area (Å²) in [5.41, 5.74) is 3.30. The van der Waals surface area contributed by atoms with Gasteiger partial charge in [0.2, 0.25) is 5.88 Å². The van der Waals surface area contributed by atoms with Crippen LogP contribution in [0.15, 0.2) is 36.5 Å². The van der Waals surface area contributed by atoms with Crippen molar-refractivity contribution in [2.75, 3.05) is 19.0 Å². The molecule has 4 nitrogen and oxygen atoms in total. The maximum atomic E-state index is 5.43. The van der Waals surface area contributed by atoms with Gasteiger partial charge in [-0.1, -0.05) is 17.7 Å². The molecule has 4 heteroatoms. The molecule has 0 fully saturated rings. The number of ether oxygens (including phenoxy) is 2. The van der Waals surface area contributed by atoms with Gasteiger partial charge in [0.15, 0.2) is 0 Å². The first-order valence-corrected chi connectivity index (χ1v) is 7.14. The van der Waals surface area contributed by atoms with Crippen LogP contribution in [0.1, 0.15) is 31.0 Å². The lowest BCUT2D eigenvalue weighted by atomic mass is 10.0. The van der Waals surface area contributed by atoms with Crippen molar-refractivity contribution >= 4 is 5.69 Å². The number of benzene rings is 1. The highest BCUT2D eigenvalue weighted by Crippen LogP contribution is 2.28. The molecule has 0 aliphatic heterocycles. The van der Waals surface area contributed by atoms with E-state index in [1.807, 2.05) is 31.2 Å². The Morgan fingerprint density at radius 3 is 2.67 bits per heavy atom. The van der Waals surface area contributed by atoms with Gasteiger partial charge in [-0.15, -0.1) is 0 Å². The second kappa shape index (κ2) is 6.97. The van der Waals surface area contributed by atoms with Gasteiger partial charge in [0.1, 0.15) is 5.75 Å². The number of hydrogen-bond donors (Lipinski definition) is 1. The Balaban J connectivity index is 2.13. The molecule has 1 aromatic carbocycles. The maximum absolute atomic E-state index is 5.43. The van der Waals surface area contributed by atoms with Crippen LogP contribution >= 0.6 is 0 Å². The van der Waals surface area contributed by atoms with Crippen molar-refractivity contribution in [2.24, 2.45) is 0 Å². The fraction of sp³-hybridized carbons (Fsp3) is 0.353. The van der Waals surface area contributed by atoms with Crippen molar-refractivity contribution in [1.82, 2.24) is 4.98 Å². The lowest BCUT2D eigenvalue weighted by Gasteiger charge is -2.19. The zero-order chi connectivity index (χ0) is 15.2. The number of nitrogens with zero attached hydrogens (tertiary/aromatic N) is 1. The second-order valence-corrected chi connectivity index (χ2v) is 4.93. The van der Waals surface area contributed by atoms with Gasteiger partial charge in [-0.25, -0.2) is 4.98 Å². The Kier molecular flexibility index (Phi) is 5.04. The summed E-state index contributed by atoms with van der Waals surface area (Å²) < 4.78 is 10.8. The van der Waals surface area contributed by atoms with Gasteiger partial charge >= 0.3 is 0 Å². The Bertz CT molecular complexity index is 582. The summed E-state index contributed by atoms with van der Waals surface area (Å²) in [4.78, 5) is 4.26. The molecule has 21 heavy (non-hydrogen) atoms. The number of aryl methyl sites for hydroxylation is 1. The first-order valence-electron chi connectivity index (χ1n) is 7.14. The van der Waals surface area contributed by atoms with Crippen LogP contribution in [0.25, 0.3) is 0 Å². The molecule has 1 N–H and O–H groups in total. The van der Waals surface area contributed by atoms with Crippen LogP contribution in [0, 0.1) is 6.92 Å². The zero-order valence-corrected chi connectivity index (χ0v) is 13.0. The predicted octanol–water partition coefficient (Wildman–Crippen LogP) is 3.97. The molecular formula is C17H22N2O2. The first-order chi connectivity index (χ1) is 10.1. The average molecular weight is 286 g/mol. The molecule has 0 aliphatic rings. The maximum Gasteiger partial charge on any atom is 0.213 e. The van der Waals surface area contributed by atoms with Gasteiger partial charge in [-0.3, -0.25) is 0 Å². The van der Waals surface area contributed by atoms with Gasteiger partial charge < -0.3 is 14.8 Å². The van der Waals surface area contributed by atoms with E-state index in [2.05, 4.69) is 30.2 Å². The predicted molar refractivity (Wildman–Crippen MR) is 85.2 cm³/mol. The highest BCUT2D eigenvalue weighted by atomic mass is 16.5. The standard InChI is InChI=1S/C17H22N2O2/c1-5-21-17-9-7-14(11-18-17)19-13(3)15-10-12(2)6-8-16(15)20-4/h6-11,13,19H,5H2,1-4H3. The summed E-state index contributed by atoms with van der Waals surface area (Å²) in [6, 6.07) is 10.1. The molecule has 112 valence electrons. The van der Waals surface area contributed by atoms with E-state index < -0.39 is 0 Å². The topological polar surface area (TPSA) is 43.4 Å². The summed E-state index contributed by atoms with van der Waals surface area (Å²) in [6.45, 7) is 6.75. The summed E-state index contributed by atoms with van der Waals surface area (Å²) in [7, 11) is 1.69. The van der Waals surface area contributed by atoms with Crippen LogP contribution < -0.4 is 14.8 Å². The van der Waals surface area contributed by atoms with E-state index in [9.17, 15) is 0 Å². The van der Waals surface area contributed by atoms with Crippen molar-refractivity contribution in [3.05, 3.63) is 47.7 Å². The summed E-state index contributed by atoms with van der Waals surface area (Å²) in [5.74, 6) is 1.53. The largest absolute Gasteiger partial charge is 0.496 e. The molecule has 2 rings (SSSR count). The van der Waals surface area contributed by atoms with Gasteiger partial charge in [0.05, 0.1) is 31.6 Å².